The molecule has 4 rings (SSSR count). The number of aliphatic hydroxyl groups excluding tert-OH is 1. The number of benzene rings is 1. The Hall–Kier alpha value is -3.92. The fourth-order valence-electron chi connectivity index (χ4n) is 3.65. The van der Waals surface area contributed by atoms with E-state index in [0.29, 0.717) is 23.7 Å². The second-order valence-corrected chi connectivity index (χ2v) is 7.28. The number of carbonyl (C=O) groups excluding carboxylic acids is 2. The Morgan fingerprint density at radius 1 is 1.16 bits per heavy atom. The van der Waals surface area contributed by atoms with Crippen LogP contribution in [-0.2, 0) is 11.3 Å². The number of fused-ring (bicyclic) bond motifs is 1. The zero-order chi connectivity index (χ0) is 22.7. The number of hydrogen-bond donors (Lipinski definition) is 1. The van der Waals surface area contributed by atoms with Crippen LogP contribution in [0.15, 0.2) is 55.1 Å². The van der Waals surface area contributed by atoms with E-state index >= 15 is 0 Å². The van der Waals surface area contributed by atoms with Gasteiger partial charge in [-0.05, 0) is 36.8 Å². The Bertz CT molecular complexity index is 1120. The summed E-state index contributed by atoms with van der Waals surface area (Å²) in [6.07, 6.45) is 5.44. The lowest BCUT2D eigenvalue weighted by Crippen LogP contribution is -2.52. The van der Waals surface area contributed by atoms with Crippen molar-refractivity contribution < 1.29 is 24.2 Å². The number of ether oxygens (including phenoxy) is 2. The van der Waals surface area contributed by atoms with E-state index in [1.807, 2.05) is 19.1 Å². The molecule has 0 aliphatic carbocycles. The lowest BCUT2D eigenvalue weighted by Gasteiger charge is -2.39. The van der Waals surface area contributed by atoms with Gasteiger partial charge in [0.2, 0.25) is 0 Å². The first kappa shape index (κ1) is 21.3. The Balaban J connectivity index is 1.74. The fraction of sp³-hybridized carbons (Fsp3) is 0.273. The van der Waals surface area contributed by atoms with Gasteiger partial charge in [-0.3, -0.25) is 19.5 Å². The number of hydrogen-bond acceptors (Lipinski definition) is 7. The van der Waals surface area contributed by atoms with E-state index in [0.717, 1.165) is 11.1 Å². The SMILES string of the molecule is COC(=O)N1c2ccc(-c3cnn(CCO)c3)cc2N(C(=O)Oc2cccnc2)C[C@@H]1C. The summed E-state index contributed by atoms with van der Waals surface area (Å²) >= 11 is 0. The van der Waals surface area contributed by atoms with Crippen molar-refractivity contribution in [2.75, 3.05) is 30.1 Å². The number of aliphatic hydroxyl groups is 1. The molecule has 1 N–H and O–H groups in total. The van der Waals surface area contributed by atoms with Gasteiger partial charge in [0.15, 0.2) is 5.75 Å². The molecule has 0 spiro atoms. The van der Waals surface area contributed by atoms with E-state index < -0.39 is 12.2 Å². The maximum atomic E-state index is 13.1. The third kappa shape index (κ3) is 4.12. The standard InChI is InChI=1S/C22H23N5O5/c1-15-13-26(21(29)32-18-4-3-7-23-12-18)20-10-16(17-11-24-25(14-17)8-9-28)5-6-19(20)27(15)22(30)31-2/h3-7,10-12,14-15,28H,8-9,13H2,1-2H3/t15-/m0/s1. The maximum absolute atomic E-state index is 13.1. The number of nitrogens with zero attached hydrogens (tertiary/aromatic N) is 5. The molecule has 166 valence electrons. The first-order valence-electron chi connectivity index (χ1n) is 10.1. The molecular weight excluding hydrogens is 414 g/mol. The van der Waals surface area contributed by atoms with Crippen molar-refractivity contribution in [1.82, 2.24) is 14.8 Å². The fourth-order valence-corrected chi connectivity index (χ4v) is 3.65. The molecular formula is C22H23N5O5. The molecule has 0 saturated carbocycles. The first-order chi connectivity index (χ1) is 15.5. The summed E-state index contributed by atoms with van der Waals surface area (Å²) in [4.78, 5) is 32.5. The summed E-state index contributed by atoms with van der Waals surface area (Å²) in [7, 11) is 1.32. The van der Waals surface area contributed by atoms with E-state index in [4.69, 9.17) is 14.6 Å². The van der Waals surface area contributed by atoms with E-state index in [1.165, 1.54) is 23.1 Å². The van der Waals surface area contributed by atoms with Crippen LogP contribution in [0.3, 0.4) is 0 Å². The molecule has 1 aliphatic rings. The van der Waals surface area contributed by atoms with Gasteiger partial charge in [0, 0.05) is 18.0 Å². The average molecular weight is 437 g/mol. The molecule has 0 fully saturated rings. The Morgan fingerprint density at radius 2 is 2.00 bits per heavy atom. The monoisotopic (exact) mass is 437 g/mol. The summed E-state index contributed by atoms with van der Waals surface area (Å²) < 4.78 is 12.1. The van der Waals surface area contributed by atoms with Gasteiger partial charge in [0.25, 0.3) is 0 Å². The zero-order valence-electron chi connectivity index (χ0n) is 17.7. The Kier molecular flexibility index (Phi) is 6.04. The van der Waals surface area contributed by atoms with Crippen molar-refractivity contribution in [2.24, 2.45) is 0 Å². The third-order valence-electron chi connectivity index (χ3n) is 5.14. The van der Waals surface area contributed by atoms with Gasteiger partial charge in [-0.2, -0.15) is 5.10 Å². The van der Waals surface area contributed by atoms with Crippen LogP contribution in [0.25, 0.3) is 11.1 Å². The van der Waals surface area contributed by atoms with Crippen LogP contribution in [0.1, 0.15) is 6.92 Å². The minimum absolute atomic E-state index is 0.0226. The van der Waals surface area contributed by atoms with Gasteiger partial charge < -0.3 is 14.6 Å². The molecule has 10 heteroatoms. The highest BCUT2D eigenvalue weighted by Gasteiger charge is 2.36. The van der Waals surface area contributed by atoms with Gasteiger partial charge in [-0.15, -0.1) is 0 Å². The van der Waals surface area contributed by atoms with Crippen LogP contribution < -0.4 is 14.5 Å². The normalized spacial score (nSPS) is 15.3. The smallest absolute Gasteiger partial charge is 0.419 e. The molecule has 2 amide bonds. The van der Waals surface area contributed by atoms with Crippen LogP contribution in [0.2, 0.25) is 0 Å². The van der Waals surface area contributed by atoms with Crippen LogP contribution in [0.5, 0.6) is 5.75 Å². The van der Waals surface area contributed by atoms with Gasteiger partial charge in [-0.25, -0.2) is 9.59 Å². The van der Waals surface area contributed by atoms with E-state index in [9.17, 15) is 9.59 Å². The van der Waals surface area contributed by atoms with Crippen molar-refractivity contribution in [1.29, 1.82) is 0 Å². The third-order valence-corrected chi connectivity index (χ3v) is 5.14. The van der Waals surface area contributed by atoms with Crippen LogP contribution in [0.4, 0.5) is 21.0 Å². The molecule has 10 nitrogen and oxygen atoms in total. The highest BCUT2D eigenvalue weighted by Crippen LogP contribution is 2.39. The molecule has 0 unspecified atom stereocenters. The molecule has 0 bridgehead atoms. The number of methoxy groups -OCH3 is 1. The molecule has 3 aromatic rings. The lowest BCUT2D eigenvalue weighted by atomic mass is 10.0. The second kappa shape index (κ2) is 9.06. The van der Waals surface area contributed by atoms with Crippen LogP contribution in [-0.4, -0.2) is 58.4 Å². The number of aromatic nitrogens is 3. The minimum Gasteiger partial charge on any atom is -0.452 e. The molecule has 3 heterocycles. The molecule has 1 aromatic carbocycles. The summed E-state index contributed by atoms with van der Waals surface area (Å²) in [5.41, 5.74) is 2.65. The summed E-state index contributed by atoms with van der Waals surface area (Å²) in [5.74, 6) is 0.323. The Morgan fingerprint density at radius 3 is 2.72 bits per heavy atom. The second-order valence-electron chi connectivity index (χ2n) is 7.28. The predicted molar refractivity (Wildman–Crippen MR) is 117 cm³/mol. The molecule has 0 saturated heterocycles. The van der Waals surface area contributed by atoms with Gasteiger partial charge in [0.1, 0.15) is 0 Å². The summed E-state index contributed by atoms with van der Waals surface area (Å²) in [6, 6.07) is 8.40. The van der Waals surface area contributed by atoms with Crippen molar-refractivity contribution in [3.05, 3.63) is 55.1 Å². The molecule has 0 radical (unpaired) electrons. The van der Waals surface area contributed by atoms with E-state index in [2.05, 4.69) is 10.1 Å². The first-order valence-corrected chi connectivity index (χ1v) is 10.1. The number of amides is 2. The quantitative estimate of drug-likeness (QED) is 0.668. The number of pyridine rings is 1. The lowest BCUT2D eigenvalue weighted by molar-refractivity contribution is 0.175. The van der Waals surface area contributed by atoms with Crippen molar-refractivity contribution in [3.63, 3.8) is 0 Å². The highest BCUT2D eigenvalue weighted by atomic mass is 16.6. The predicted octanol–water partition coefficient (Wildman–Crippen LogP) is 2.92. The molecule has 2 aromatic heterocycles. The van der Waals surface area contributed by atoms with Crippen LogP contribution >= 0.6 is 0 Å². The minimum atomic E-state index is -0.580. The zero-order valence-corrected chi connectivity index (χ0v) is 17.7. The van der Waals surface area contributed by atoms with Gasteiger partial charge >= 0.3 is 12.2 Å². The Labute approximate surface area is 184 Å². The van der Waals surface area contributed by atoms with Gasteiger partial charge in [-0.1, -0.05) is 6.07 Å². The maximum Gasteiger partial charge on any atom is 0.419 e. The molecule has 1 atom stereocenters. The summed E-state index contributed by atoms with van der Waals surface area (Å²) in [6.45, 7) is 2.40. The van der Waals surface area contributed by atoms with Gasteiger partial charge in [0.05, 0.1) is 56.6 Å². The summed E-state index contributed by atoms with van der Waals surface area (Å²) in [5, 5.41) is 13.4. The number of carbonyl (C=O) groups is 2. The average Bonchev–Trinajstić information content (AvgIpc) is 3.27. The number of anilines is 2. The van der Waals surface area contributed by atoms with Crippen molar-refractivity contribution in [2.45, 2.75) is 19.5 Å². The highest BCUT2D eigenvalue weighted by molar-refractivity contribution is 6.02. The van der Waals surface area contributed by atoms with Crippen LogP contribution in [0, 0.1) is 0 Å². The number of rotatable bonds is 4. The van der Waals surface area contributed by atoms with E-state index in [-0.39, 0.29) is 19.2 Å². The largest absolute Gasteiger partial charge is 0.452 e. The van der Waals surface area contributed by atoms with E-state index in [1.54, 1.807) is 41.5 Å². The van der Waals surface area contributed by atoms with Crippen molar-refractivity contribution >= 4 is 23.6 Å². The molecule has 1 aliphatic heterocycles. The molecule has 32 heavy (non-hydrogen) atoms. The van der Waals surface area contributed by atoms with Crippen molar-refractivity contribution in [3.8, 4) is 16.9 Å². The topological polar surface area (TPSA) is 110 Å².